The number of nitrogens with zero attached hydrogens (tertiary/aromatic N) is 2. The predicted octanol–water partition coefficient (Wildman–Crippen LogP) is 1.09. The third-order valence-corrected chi connectivity index (χ3v) is 5.13. The number of aliphatic hydroxyl groups excluding tert-OH is 1. The van der Waals surface area contributed by atoms with Gasteiger partial charge in [0.2, 0.25) is 6.79 Å². The number of ether oxygens (including phenoxy) is 2. The van der Waals surface area contributed by atoms with Gasteiger partial charge in [-0.15, -0.1) is 0 Å². The van der Waals surface area contributed by atoms with Crippen LogP contribution in [0, 0.1) is 0 Å². The van der Waals surface area contributed by atoms with E-state index in [1.165, 1.54) is 0 Å². The van der Waals surface area contributed by atoms with Gasteiger partial charge in [0.1, 0.15) is 0 Å². The first-order chi connectivity index (χ1) is 11.2. The zero-order valence-corrected chi connectivity index (χ0v) is 13.1. The van der Waals surface area contributed by atoms with Gasteiger partial charge >= 0.3 is 0 Å². The van der Waals surface area contributed by atoms with Gasteiger partial charge in [0, 0.05) is 37.8 Å². The number of carbonyl (C=O) groups excluding carboxylic acids is 1. The number of hydrogen-bond donors (Lipinski definition) is 1. The van der Waals surface area contributed by atoms with E-state index in [4.69, 9.17) is 9.47 Å². The molecule has 2 fully saturated rings. The molecule has 1 saturated heterocycles. The lowest BCUT2D eigenvalue weighted by atomic mass is 10.1. The number of hydrogen-bond acceptors (Lipinski definition) is 5. The van der Waals surface area contributed by atoms with Crippen LogP contribution < -0.4 is 9.47 Å². The van der Waals surface area contributed by atoms with Crippen LogP contribution in [-0.2, 0) is 0 Å². The minimum Gasteiger partial charge on any atom is -0.454 e. The second kappa shape index (κ2) is 6.02. The van der Waals surface area contributed by atoms with Gasteiger partial charge in [0.05, 0.1) is 6.10 Å². The van der Waals surface area contributed by atoms with Gasteiger partial charge < -0.3 is 19.5 Å². The number of fused-ring (bicyclic) bond motifs is 1. The largest absolute Gasteiger partial charge is 0.454 e. The Labute approximate surface area is 135 Å². The lowest BCUT2D eigenvalue weighted by Gasteiger charge is -2.39. The SMILES string of the molecule is O=C(c1ccc2c(c1)OCO2)N1CCN([C@H]2CCC[C@H]2O)CC1. The molecule has 0 bridgehead atoms. The van der Waals surface area contributed by atoms with Gasteiger partial charge in [-0.05, 0) is 37.5 Å². The summed E-state index contributed by atoms with van der Waals surface area (Å²) in [4.78, 5) is 16.9. The van der Waals surface area contributed by atoms with Crippen LogP contribution in [0.1, 0.15) is 29.6 Å². The van der Waals surface area contributed by atoms with Crippen molar-refractivity contribution in [2.45, 2.75) is 31.4 Å². The number of carbonyl (C=O) groups is 1. The smallest absolute Gasteiger partial charge is 0.254 e. The van der Waals surface area contributed by atoms with Crippen LogP contribution >= 0.6 is 0 Å². The van der Waals surface area contributed by atoms with Crippen molar-refractivity contribution in [1.29, 1.82) is 0 Å². The van der Waals surface area contributed by atoms with Crippen LogP contribution in [0.4, 0.5) is 0 Å². The standard InChI is InChI=1S/C17H22N2O4/c20-14-3-1-2-13(14)18-6-8-19(9-7-18)17(21)12-4-5-15-16(10-12)23-11-22-15/h4-5,10,13-14,20H,1-3,6-9,11H2/t13-,14+/m0/s1. The molecule has 6 nitrogen and oxygen atoms in total. The van der Waals surface area contributed by atoms with Crippen molar-refractivity contribution >= 4 is 5.91 Å². The molecule has 3 aliphatic rings. The van der Waals surface area contributed by atoms with E-state index in [-0.39, 0.29) is 24.8 Å². The maximum absolute atomic E-state index is 12.7. The van der Waals surface area contributed by atoms with Crippen molar-refractivity contribution in [3.63, 3.8) is 0 Å². The van der Waals surface area contributed by atoms with Crippen molar-refractivity contribution in [1.82, 2.24) is 9.80 Å². The summed E-state index contributed by atoms with van der Waals surface area (Å²) >= 11 is 0. The lowest BCUT2D eigenvalue weighted by molar-refractivity contribution is 0.0315. The van der Waals surface area contributed by atoms with E-state index in [9.17, 15) is 9.90 Å². The van der Waals surface area contributed by atoms with Crippen molar-refractivity contribution in [2.24, 2.45) is 0 Å². The third-order valence-electron chi connectivity index (χ3n) is 5.13. The number of aliphatic hydroxyl groups is 1. The minimum atomic E-state index is -0.203. The first kappa shape index (κ1) is 14.8. The average molecular weight is 318 g/mol. The summed E-state index contributed by atoms with van der Waals surface area (Å²) < 4.78 is 10.6. The van der Waals surface area contributed by atoms with Crippen LogP contribution in [0.25, 0.3) is 0 Å². The van der Waals surface area contributed by atoms with E-state index in [0.717, 1.165) is 32.4 Å². The van der Waals surface area contributed by atoms with Gasteiger partial charge in [0.15, 0.2) is 11.5 Å². The monoisotopic (exact) mass is 318 g/mol. The van der Waals surface area contributed by atoms with E-state index in [1.807, 2.05) is 4.90 Å². The third kappa shape index (κ3) is 2.77. The fourth-order valence-corrected chi connectivity index (χ4v) is 3.82. The highest BCUT2D eigenvalue weighted by molar-refractivity contribution is 5.95. The summed E-state index contributed by atoms with van der Waals surface area (Å²) in [5.41, 5.74) is 0.642. The molecule has 1 saturated carbocycles. The molecule has 23 heavy (non-hydrogen) atoms. The molecule has 2 aliphatic heterocycles. The Bertz CT molecular complexity index is 598. The summed E-state index contributed by atoms with van der Waals surface area (Å²) in [5, 5.41) is 10.0. The summed E-state index contributed by atoms with van der Waals surface area (Å²) in [5.74, 6) is 1.38. The molecule has 0 radical (unpaired) electrons. The van der Waals surface area contributed by atoms with Crippen molar-refractivity contribution in [3.8, 4) is 11.5 Å². The Morgan fingerprint density at radius 1 is 1.09 bits per heavy atom. The molecule has 0 spiro atoms. The molecule has 1 aliphatic carbocycles. The van der Waals surface area contributed by atoms with Gasteiger partial charge in [-0.1, -0.05) is 0 Å². The molecule has 2 atom stereocenters. The zero-order valence-electron chi connectivity index (χ0n) is 13.1. The Morgan fingerprint density at radius 3 is 2.61 bits per heavy atom. The number of piperazine rings is 1. The number of benzene rings is 1. The van der Waals surface area contributed by atoms with E-state index >= 15 is 0 Å². The molecule has 1 aromatic rings. The second-order valence-corrected chi connectivity index (χ2v) is 6.46. The molecule has 124 valence electrons. The summed E-state index contributed by atoms with van der Waals surface area (Å²) in [7, 11) is 0. The van der Waals surface area contributed by atoms with Gasteiger partial charge in [0.25, 0.3) is 5.91 Å². The molecule has 0 aromatic heterocycles. The molecule has 1 aromatic carbocycles. The first-order valence-electron chi connectivity index (χ1n) is 8.33. The molecule has 4 rings (SSSR count). The molecule has 1 amide bonds. The van der Waals surface area contributed by atoms with Crippen molar-refractivity contribution in [3.05, 3.63) is 23.8 Å². The normalized spacial score (nSPS) is 27.4. The fourth-order valence-electron chi connectivity index (χ4n) is 3.82. The van der Waals surface area contributed by atoms with Gasteiger partial charge in [-0.3, -0.25) is 9.69 Å². The maximum atomic E-state index is 12.7. The highest BCUT2D eigenvalue weighted by Crippen LogP contribution is 2.33. The first-order valence-corrected chi connectivity index (χ1v) is 8.33. The Kier molecular flexibility index (Phi) is 3.87. The van der Waals surface area contributed by atoms with Crippen LogP contribution in [0.15, 0.2) is 18.2 Å². The lowest BCUT2D eigenvalue weighted by Crippen LogP contribution is -2.53. The molecule has 6 heteroatoms. The van der Waals surface area contributed by atoms with Crippen molar-refractivity contribution < 1.29 is 19.4 Å². The molecule has 0 unspecified atom stereocenters. The highest BCUT2D eigenvalue weighted by Gasteiger charge is 2.33. The minimum absolute atomic E-state index is 0.0370. The molecular formula is C17H22N2O4. The molecular weight excluding hydrogens is 296 g/mol. The quantitative estimate of drug-likeness (QED) is 0.884. The van der Waals surface area contributed by atoms with Crippen molar-refractivity contribution in [2.75, 3.05) is 33.0 Å². The van der Waals surface area contributed by atoms with E-state index in [0.29, 0.717) is 30.2 Å². The van der Waals surface area contributed by atoms with Gasteiger partial charge in [-0.2, -0.15) is 0 Å². The van der Waals surface area contributed by atoms with Crippen LogP contribution in [-0.4, -0.2) is 65.9 Å². The molecule has 2 heterocycles. The fraction of sp³-hybridized carbons (Fsp3) is 0.588. The van der Waals surface area contributed by atoms with Gasteiger partial charge in [-0.25, -0.2) is 0 Å². The number of amides is 1. The Morgan fingerprint density at radius 2 is 1.87 bits per heavy atom. The van der Waals surface area contributed by atoms with Crippen LogP contribution in [0.5, 0.6) is 11.5 Å². The predicted molar refractivity (Wildman–Crippen MR) is 83.7 cm³/mol. The average Bonchev–Trinajstić information content (AvgIpc) is 3.22. The Hall–Kier alpha value is -1.79. The van der Waals surface area contributed by atoms with E-state index in [2.05, 4.69) is 4.90 Å². The summed E-state index contributed by atoms with van der Waals surface area (Å²) in [6.07, 6.45) is 2.87. The van der Waals surface area contributed by atoms with Crippen LogP contribution in [0.3, 0.4) is 0 Å². The van der Waals surface area contributed by atoms with Crippen LogP contribution in [0.2, 0.25) is 0 Å². The molecule has 1 N–H and O–H groups in total. The summed E-state index contributed by atoms with van der Waals surface area (Å²) in [6, 6.07) is 5.62. The highest BCUT2D eigenvalue weighted by atomic mass is 16.7. The van der Waals surface area contributed by atoms with E-state index in [1.54, 1.807) is 18.2 Å². The zero-order chi connectivity index (χ0) is 15.8. The second-order valence-electron chi connectivity index (χ2n) is 6.46. The summed E-state index contributed by atoms with van der Waals surface area (Å²) in [6.45, 7) is 3.29. The number of rotatable bonds is 2. The maximum Gasteiger partial charge on any atom is 0.254 e. The van der Waals surface area contributed by atoms with E-state index < -0.39 is 0 Å². The topological polar surface area (TPSA) is 62.2 Å². The Balaban J connectivity index is 1.39.